The number of fused-ring (bicyclic) bond motifs is 1. The number of benzene rings is 1. The highest BCUT2D eigenvalue weighted by atomic mass is 32.1. The predicted octanol–water partition coefficient (Wildman–Crippen LogP) is 4.03. The van der Waals surface area contributed by atoms with E-state index in [2.05, 4.69) is 5.32 Å². The molecule has 1 amide bonds. The van der Waals surface area contributed by atoms with Crippen molar-refractivity contribution >= 4 is 28.6 Å². The number of hydrogen-bond donors (Lipinski definition) is 1. The summed E-state index contributed by atoms with van der Waals surface area (Å²) < 4.78 is 13.0. The van der Waals surface area contributed by atoms with Gasteiger partial charge in [0.25, 0.3) is 5.91 Å². The predicted molar refractivity (Wildman–Crippen MR) is 114 cm³/mol. The Morgan fingerprint density at radius 2 is 2.10 bits per heavy atom. The number of aryl methyl sites for hydroxylation is 1. The number of carbonyl (C=O) groups is 1. The lowest BCUT2D eigenvalue weighted by atomic mass is 10.1. The van der Waals surface area contributed by atoms with Crippen molar-refractivity contribution in [3.8, 4) is 17.0 Å². The molecule has 1 aliphatic rings. The fourth-order valence-corrected chi connectivity index (χ4v) is 3.94. The van der Waals surface area contributed by atoms with Crippen LogP contribution in [0.5, 0.6) is 5.75 Å². The highest BCUT2D eigenvalue weighted by Crippen LogP contribution is 2.33. The number of carbonyl (C=O) groups excluding carboxylic acids is 1. The third-order valence-corrected chi connectivity index (χ3v) is 5.14. The Kier molecular flexibility index (Phi) is 5.10. The van der Waals surface area contributed by atoms with Crippen molar-refractivity contribution in [1.29, 1.82) is 0 Å². The van der Waals surface area contributed by atoms with Gasteiger partial charge in [-0.05, 0) is 58.0 Å². The van der Waals surface area contributed by atoms with Gasteiger partial charge in [-0.1, -0.05) is 0 Å². The van der Waals surface area contributed by atoms with E-state index in [0.29, 0.717) is 17.2 Å². The van der Waals surface area contributed by atoms with Crippen molar-refractivity contribution in [3.05, 3.63) is 52.0 Å². The molecule has 3 heterocycles. The van der Waals surface area contributed by atoms with E-state index < -0.39 is 0 Å². The Hall–Kier alpha value is -3.13. The zero-order valence-corrected chi connectivity index (χ0v) is 17.5. The molecular formula is C21H22N4O3S. The smallest absolute Gasteiger partial charge is 0.262 e. The average Bonchev–Trinajstić information content (AvgIpc) is 3.27. The number of aromatic nitrogens is 1. The molecule has 1 aliphatic heterocycles. The lowest BCUT2D eigenvalue weighted by Crippen LogP contribution is -2.25. The Balaban J connectivity index is 1.84. The molecule has 1 N–H and O–H groups in total. The summed E-state index contributed by atoms with van der Waals surface area (Å²) in [6, 6.07) is 9.66. The second-order valence-electron chi connectivity index (χ2n) is 7.08. The number of furan rings is 1. The van der Waals surface area contributed by atoms with E-state index in [4.69, 9.17) is 19.2 Å². The summed E-state index contributed by atoms with van der Waals surface area (Å²) >= 11 is 1.52. The molecule has 0 saturated carbocycles. The second kappa shape index (κ2) is 7.71. The molecule has 1 aromatic carbocycles. The highest BCUT2D eigenvalue weighted by Gasteiger charge is 2.18. The van der Waals surface area contributed by atoms with Gasteiger partial charge < -0.3 is 14.5 Å². The van der Waals surface area contributed by atoms with Gasteiger partial charge in [-0.25, -0.2) is 4.68 Å². The van der Waals surface area contributed by atoms with Crippen LogP contribution in [0.4, 0.5) is 5.69 Å². The first-order valence-electron chi connectivity index (χ1n) is 9.34. The largest absolute Gasteiger partial charge is 0.482 e. The molecule has 2 aromatic heterocycles. The standard InChI is InChI=1S/C21H22N4O3S/c1-12(2)22-21-25(24-14(4)18-7-5-13(3)28-18)17(11-29-21)15-6-8-19-16(9-15)23-20(26)10-27-19/h5-9,11-12H,10H2,1-4H3,(H,23,26). The van der Waals surface area contributed by atoms with Gasteiger partial charge in [-0.3, -0.25) is 9.79 Å². The molecule has 0 bridgehead atoms. The van der Waals surface area contributed by atoms with Gasteiger partial charge in [-0.2, -0.15) is 5.10 Å². The molecule has 3 aromatic rings. The van der Waals surface area contributed by atoms with Gasteiger partial charge in [0.1, 0.15) is 23.0 Å². The fraction of sp³-hybridized carbons (Fsp3) is 0.286. The summed E-state index contributed by atoms with van der Waals surface area (Å²) in [6.07, 6.45) is 0. The molecule has 8 heteroatoms. The number of nitrogens with one attached hydrogen (secondary N) is 1. The quantitative estimate of drug-likeness (QED) is 0.660. The molecule has 7 nitrogen and oxygen atoms in total. The lowest BCUT2D eigenvalue weighted by molar-refractivity contribution is -0.118. The summed E-state index contributed by atoms with van der Waals surface area (Å²) in [6.45, 7) is 7.91. The third kappa shape index (κ3) is 4.02. The first kappa shape index (κ1) is 19.2. The normalized spacial score (nSPS) is 14.7. The van der Waals surface area contributed by atoms with Crippen molar-refractivity contribution in [2.24, 2.45) is 10.1 Å². The zero-order chi connectivity index (χ0) is 20.5. The van der Waals surface area contributed by atoms with Gasteiger partial charge in [0.2, 0.25) is 4.80 Å². The van der Waals surface area contributed by atoms with Crippen LogP contribution in [0.1, 0.15) is 32.3 Å². The number of thiazole rings is 1. The first-order chi connectivity index (χ1) is 13.9. The van der Waals surface area contributed by atoms with Crippen LogP contribution in [0.25, 0.3) is 11.3 Å². The number of hydrogen-bond acceptors (Lipinski definition) is 6. The molecule has 150 valence electrons. The van der Waals surface area contributed by atoms with Crippen LogP contribution in [-0.4, -0.2) is 28.9 Å². The minimum atomic E-state index is -0.162. The maximum Gasteiger partial charge on any atom is 0.262 e. The minimum Gasteiger partial charge on any atom is -0.482 e. The topological polar surface area (TPSA) is 81.1 Å². The highest BCUT2D eigenvalue weighted by molar-refractivity contribution is 7.07. The van der Waals surface area contributed by atoms with Gasteiger partial charge >= 0.3 is 0 Å². The maximum atomic E-state index is 11.7. The number of ether oxygens (including phenoxy) is 1. The summed E-state index contributed by atoms with van der Waals surface area (Å²) in [5.74, 6) is 2.05. The average molecular weight is 410 g/mol. The van der Waals surface area contributed by atoms with E-state index in [9.17, 15) is 4.79 Å². The number of anilines is 1. The van der Waals surface area contributed by atoms with Gasteiger partial charge in [0.05, 0.1) is 11.4 Å². The molecule has 0 saturated heterocycles. The van der Waals surface area contributed by atoms with Crippen LogP contribution in [0, 0.1) is 6.92 Å². The molecule has 29 heavy (non-hydrogen) atoms. The van der Waals surface area contributed by atoms with Crippen LogP contribution < -0.4 is 14.9 Å². The van der Waals surface area contributed by atoms with Crippen LogP contribution in [0.15, 0.2) is 50.2 Å². The number of nitrogens with zero attached hydrogens (tertiary/aromatic N) is 3. The SMILES string of the molecule is CC(=Nn1c(-c2ccc3c(c2)NC(=O)CO3)csc1=NC(C)C)c1ccc(C)o1. The Morgan fingerprint density at radius 3 is 2.83 bits per heavy atom. The van der Waals surface area contributed by atoms with Crippen LogP contribution in [0.2, 0.25) is 0 Å². The monoisotopic (exact) mass is 410 g/mol. The minimum absolute atomic E-state index is 0.0360. The molecule has 0 spiro atoms. The van der Waals surface area contributed by atoms with E-state index in [1.54, 1.807) is 0 Å². The van der Waals surface area contributed by atoms with Crippen LogP contribution >= 0.6 is 11.3 Å². The van der Waals surface area contributed by atoms with Crippen molar-refractivity contribution in [1.82, 2.24) is 4.68 Å². The molecule has 4 rings (SSSR count). The Labute approximate surface area is 172 Å². The summed E-state index contributed by atoms with van der Waals surface area (Å²) in [5, 5.41) is 9.66. The second-order valence-corrected chi connectivity index (χ2v) is 7.92. The number of rotatable bonds is 4. The van der Waals surface area contributed by atoms with Crippen LogP contribution in [0.3, 0.4) is 0 Å². The molecule has 0 atom stereocenters. The van der Waals surface area contributed by atoms with E-state index >= 15 is 0 Å². The van der Waals surface area contributed by atoms with Crippen molar-refractivity contribution in [2.45, 2.75) is 33.7 Å². The third-order valence-electron chi connectivity index (χ3n) is 4.31. The van der Waals surface area contributed by atoms with Crippen molar-refractivity contribution in [3.63, 3.8) is 0 Å². The van der Waals surface area contributed by atoms with E-state index in [-0.39, 0.29) is 18.6 Å². The Bertz CT molecular complexity index is 1170. The van der Waals surface area contributed by atoms with E-state index in [0.717, 1.165) is 27.5 Å². The van der Waals surface area contributed by atoms with Gasteiger partial charge in [-0.15, -0.1) is 11.3 Å². The summed E-state index contributed by atoms with van der Waals surface area (Å²) in [4.78, 5) is 17.2. The Morgan fingerprint density at radius 1 is 1.28 bits per heavy atom. The molecule has 0 fully saturated rings. The molecule has 0 unspecified atom stereocenters. The number of amides is 1. The summed E-state index contributed by atoms with van der Waals surface area (Å²) in [5.41, 5.74) is 3.18. The van der Waals surface area contributed by atoms with E-state index in [1.807, 2.05) is 68.1 Å². The van der Waals surface area contributed by atoms with Gasteiger partial charge in [0, 0.05) is 17.0 Å². The van der Waals surface area contributed by atoms with Gasteiger partial charge in [0.15, 0.2) is 6.61 Å². The molecular weight excluding hydrogens is 388 g/mol. The lowest BCUT2D eigenvalue weighted by Gasteiger charge is -2.18. The zero-order valence-electron chi connectivity index (χ0n) is 16.7. The molecule has 0 aliphatic carbocycles. The van der Waals surface area contributed by atoms with Crippen LogP contribution in [-0.2, 0) is 4.79 Å². The first-order valence-corrected chi connectivity index (χ1v) is 10.2. The van der Waals surface area contributed by atoms with Crippen molar-refractivity contribution in [2.75, 3.05) is 11.9 Å². The maximum absolute atomic E-state index is 11.7. The molecule has 0 radical (unpaired) electrons. The van der Waals surface area contributed by atoms with E-state index in [1.165, 1.54) is 11.3 Å². The van der Waals surface area contributed by atoms with Crippen molar-refractivity contribution < 1.29 is 13.9 Å². The summed E-state index contributed by atoms with van der Waals surface area (Å²) in [7, 11) is 0. The fourth-order valence-electron chi connectivity index (χ4n) is 2.98.